The van der Waals surface area contributed by atoms with E-state index in [1.54, 1.807) is 12.3 Å². The summed E-state index contributed by atoms with van der Waals surface area (Å²) in [6, 6.07) is 13.5. The molecule has 0 bridgehead atoms. The molecule has 31 heavy (non-hydrogen) atoms. The molecule has 0 saturated heterocycles. The van der Waals surface area contributed by atoms with Crippen LogP contribution in [0.15, 0.2) is 54.9 Å². The summed E-state index contributed by atoms with van der Waals surface area (Å²) in [6.07, 6.45) is 8.58. The summed E-state index contributed by atoms with van der Waals surface area (Å²) in [7, 11) is 3.29. The van der Waals surface area contributed by atoms with Gasteiger partial charge in [0.05, 0.1) is 13.7 Å². The number of para-hydroxylation sites is 1. The van der Waals surface area contributed by atoms with E-state index in [0.717, 1.165) is 49.6 Å². The molecule has 2 heterocycles. The predicted molar refractivity (Wildman–Crippen MR) is 114 cm³/mol. The van der Waals surface area contributed by atoms with Gasteiger partial charge in [-0.3, -0.25) is 0 Å². The third kappa shape index (κ3) is 6.78. The van der Waals surface area contributed by atoms with Gasteiger partial charge >= 0.3 is 11.9 Å². The zero-order valence-corrected chi connectivity index (χ0v) is 20.2. The maximum Gasteiger partial charge on any atom is 0.354 e. The third-order valence-electron chi connectivity index (χ3n) is 5.14. The van der Waals surface area contributed by atoms with Gasteiger partial charge in [0.1, 0.15) is 18.3 Å². The van der Waals surface area contributed by atoms with Crippen molar-refractivity contribution >= 4 is 22.8 Å². The Morgan fingerprint density at radius 3 is 2.48 bits per heavy atom. The number of halogens is 1. The van der Waals surface area contributed by atoms with Crippen LogP contribution in [-0.4, -0.2) is 30.2 Å². The smallest absolute Gasteiger partial charge is 0.354 e. The fourth-order valence-corrected chi connectivity index (χ4v) is 3.58. The molecule has 0 N–H and O–H groups in total. The molecule has 0 spiro atoms. The first kappa shape index (κ1) is 24.8. The number of methoxy groups -OCH3 is 1. The van der Waals surface area contributed by atoms with E-state index in [0.29, 0.717) is 17.9 Å². The molecule has 3 aromatic rings. The van der Waals surface area contributed by atoms with Crippen molar-refractivity contribution in [3.8, 4) is 0 Å². The topological polar surface area (TPSA) is 61.4 Å². The fourth-order valence-electron chi connectivity index (χ4n) is 3.58. The Bertz CT molecular complexity index is 1020. The zero-order valence-electron chi connectivity index (χ0n) is 18.1. The summed E-state index contributed by atoms with van der Waals surface area (Å²) < 4.78 is 14.2. The second kappa shape index (κ2) is 12.4. The second-order valence-corrected chi connectivity index (χ2v) is 7.39. The Morgan fingerprint density at radius 1 is 0.968 bits per heavy atom. The Labute approximate surface area is 200 Å². The molecule has 1 aromatic carbocycles. The number of ether oxygens (including phenoxy) is 2. The SMILES string of the molecule is COC(=O)c1cc2ccccc2n1CCCCCCCOC(=O)c1ccc[n+](C)c1.[I-]. The highest BCUT2D eigenvalue weighted by atomic mass is 127. The normalized spacial score (nSPS) is 10.5. The van der Waals surface area contributed by atoms with E-state index in [9.17, 15) is 9.59 Å². The highest BCUT2D eigenvalue weighted by Gasteiger charge is 2.15. The van der Waals surface area contributed by atoms with Gasteiger partial charge in [-0.25, -0.2) is 14.2 Å². The zero-order chi connectivity index (χ0) is 21.3. The molecular weight excluding hydrogens is 507 g/mol. The molecule has 0 aliphatic rings. The number of hydrogen-bond acceptors (Lipinski definition) is 4. The summed E-state index contributed by atoms with van der Waals surface area (Å²) in [4.78, 5) is 24.1. The van der Waals surface area contributed by atoms with Crippen molar-refractivity contribution in [2.75, 3.05) is 13.7 Å². The molecule has 0 unspecified atom stereocenters. The Hall–Kier alpha value is -2.42. The summed E-state index contributed by atoms with van der Waals surface area (Å²) in [5, 5.41) is 1.05. The van der Waals surface area contributed by atoms with E-state index in [-0.39, 0.29) is 35.9 Å². The van der Waals surface area contributed by atoms with Gasteiger partial charge < -0.3 is 38.0 Å². The number of carbonyl (C=O) groups is 2. The van der Waals surface area contributed by atoms with Crippen molar-refractivity contribution in [1.82, 2.24) is 4.57 Å². The molecule has 0 fully saturated rings. The van der Waals surface area contributed by atoms with Gasteiger partial charge in [-0.1, -0.05) is 37.5 Å². The van der Waals surface area contributed by atoms with Crippen LogP contribution in [0.1, 0.15) is 53.0 Å². The molecule has 6 nitrogen and oxygen atoms in total. The highest BCUT2D eigenvalue weighted by Crippen LogP contribution is 2.21. The summed E-state index contributed by atoms with van der Waals surface area (Å²) in [5.41, 5.74) is 2.22. The quantitative estimate of drug-likeness (QED) is 0.168. The standard InChI is InChI=1S/C24H29N2O4.HI/c1-25-14-10-12-20(18-25)23(27)30-16-9-5-3-4-8-15-26-21-13-7-6-11-19(21)17-22(26)24(28)29-2;/h6-7,10-14,17-18H,3-5,8-9,15-16H2,1-2H3;1H/q+1;/p-1. The van der Waals surface area contributed by atoms with Crippen LogP contribution in [0.3, 0.4) is 0 Å². The molecule has 0 atom stereocenters. The number of unbranched alkanes of at least 4 members (excludes halogenated alkanes) is 4. The predicted octanol–water partition coefficient (Wildman–Crippen LogP) is 1.06. The van der Waals surface area contributed by atoms with E-state index >= 15 is 0 Å². The minimum absolute atomic E-state index is 0. The number of nitrogens with zero attached hydrogens (tertiary/aromatic N) is 2. The summed E-state index contributed by atoms with van der Waals surface area (Å²) >= 11 is 0. The van der Waals surface area contributed by atoms with Crippen molar-refractivity contribution in [3.63, 3.8) is 0 Å². The number of fused-ring (bicyclic) bond motifs is 1. The van der Waals surface area contributed by atoms with Crippen molar-refractivity contribution in [2.45, 2.75) is 38.6 Å². The van der Waals surface area contributed by atoms with E-state index in [1.807, 2.05) is 58.8 Å². The number of carbonyl (C=O) groups excluding carboxylic acids is 2. The van der Waals surface area contributed by atoms with Crippen LogP contribution < -0.4 is 28.5 Å². The van der Waals surface area contributed by atoms with Crippen LogP contribution in [0.2, 0.25) is 0 Å². The Balaban J connectivity index is 0.00000341. The highest BCUT2D eigenvalue weighted by molar-refractivity contribution is 5.95. The molecule has 0 radical (unpaired) electrons. The molecule has 2 aromatic heterocycles. The van der Waals surface area contributed by atoms with Gasteiger partial charge in [0.2, 0.25) is 0 Å². The molecular formula is C24H29IN2O4. The number of benzene rings is 1. The van der Waals surface area contributed by atoms with E-state index < -0.39 is 0 Å². The average Bonchev–Trinajstić information content (AvgIpc) is 3.13. The lowest BCUT2D eigenvalue weighted by Gasteiger charge is -2.09. The van der Waals surface area contributed by atoms with Gasteiger partial charge in [-0.05, 0) is 31.0 Å². The molecule has 166 valence electrons. The molecule has 0 aliphatic heterocycles. The first-order valence-corrected chi connectivity index (χ1v) is 10.4. The lowest BCUT2D eigenvalue weighted by atomic mass is 10.1. The monoisotopic (exact) mass is 536 g/mol. The van der Waals surface area contributed by atoms with Crippen LogP contribution in [0.5, 0.6) is 0 Å². The molecule has 3 rings (SSSR count). The van der Waals surface area contributed by atoms with E-state index in [4.69, 9.17) is 9.47 Å². The number of aromatic nitrogens is 2. The molecule has 7 heteroatoms. The van der Waals surface area contributed by atoms with Gasteiger partial charge in [0.25, 0.3) is 0 Å². The summed E-state index contributed by atoms with van der Waals surface area (Å²) in [5.74, 6) is -0.582. The second-order valence-electron chi connectivity index (χ2n) is 7.39. The molecule has 0 saturated carbocycles. The maximum absolute atomic E-state index is 12.1. The Morgan fingerprint density at radius 2 is 1.71 bits per heavy atom. The van der Waals surface area contributed by atoms with Crippen molar-refractivity contribution in [1.29, 1.82) is 0 Å². The first-order valence-electron chi connectivity index (χ1n) is 10.4. The van der Waals surface area contributed by atoms with Crippen LogP contribution in [-0.2, 0) is 23.1 Å². The van der Waals surface area contributed by atoms with Gasteiger partial charge in [0.15, 0.2) is 12.4 Å². The lowest BCUT2D eigenvalue weighted by molar-refractivity contribution is -0.671. The minimum Gasteiger partial charge on any atom is -1.00 e. The first-order chi connectivity index (χ1) is 14.6. The average molecular weight is 536 g/mol. The minimum atomic E-state index is -0.306. The number of pyridine rings is 1. The molecule has 0 amide bonds. The van der Waals surface area contributed by atoms with Crippen molar-refractivity contribution in [3.05, 3.63) is 66.1 Å². The lowest BCUT2D eigenvalue weighted by Crippen LogP contribution is -3.00. The van der Waals surface area contributed by atoms with Crippen LogP contribution in [0.4, 0.5) is 0 Å². The Kier molecular flexibility index (Phi) is 9.97. The van der Waals surface area contributed by atoms with Gasteiger partial charge in [-0.15, -0.1) is 0 Å². The summed E-state index contributed by atoms with van der Waals surface area (Å²) in [6.45, 7) is 1.21. The maximum atomic E-state index is 12.1. The third-order valence-corrected chi connectivity index (χ3v) is 5.14. The fraction of sp³-hybridized carbons (Fsp3) is 0.375. The number of hydrogen-bond donors (Lipinski definition) is 0. The molecule has 0 aliphatic carbocycles. The number of esters is 2. The van der Waals surface area contributed by atoms with Crippen molar-refractivity contribution < 1.29 is 47.6 Å². The van der Waals surface area contributed by atoms with Crippen LogP contribution in [0, 0.1) is 0 Å². The van der Waals surface area contributed by atoms with Crippen molar-refractivity contribution in [2.24, 2.45) is 7.05 Å². The van der Waals surface area contributed by atoms with E-state index in [2.05, 4.69) is 0 Å². The largest absolute Gasteiger partial charge is 1.00 e. The van der Waals surface area contributed by atoms with Crippen LogP contribution >= 0.6 is 0 Å². The number of rotatable bonds is 10. The van der Waals surface area contributed by atoms with Gasteiger partial charge in [0, 0.05) is 23.5 Å². The van der Waals surface area contributed by atoms with Crippen LogP contribution in [0.25, 0.3) is 10.9 Å². The van der Waals surface area contributed by atoms with Gasteiger partial charge in [-0.2, -0.15) is 0 Å². The van der Waals surface area contributed by atoms with E-state index in [1.165, 1.54) is 7.11 Å². The number of aryl methyl sites for hydroxylation is 2.